The minimum Gasteiger partial charge on any atom is -0.481 e. The summed E-state index contributed by atoms with van der Waals surface area (Å²) in [5.41, 5.74) is -0.463. The first kappa shape index (κ1) is 11.8. The molecule has 0 spiro atoms. The third-order valence-electron chi connectivity index (χ3n) is 5.12. The molecule has 2 bridgehead atoms. The summed E-state index contributed by atoms with van der Waals surface area (Å²) in [5.74, 6) is 1.48. The Morgan fingerprint density at radius 3 is 2.94 bits per heavy atom. The van der Waals surface area contributed by atoms with Crippen molar-refractivity contribution in [2.24, 2.45) is 24.3 Å². The van der Waals surface area contributed by atoms with Crippen molar-refractivity contribution in [3.05, 3.63) is 18.2 Å². The number of carboxylic acid groups (broad SMARTS) is 1. The van der Waals surface area contributed by atoms with E-state index in [0.29, 0.717) is 11.8 Å². The van der Waals surface area contributed by atoms with E-state index >= 15 is 0 Å². The van der Waals surface area contributed by atoms with Crippen molar-refractivity contribution in [2.45, 2.75) is 38.5 Å². The number of aromatic nitrogens is 2. The number of imidazole rings is 1. The minimum atomic E-state index is -0.580. The highest BCUT2D eigenvalue weighted by Gasteiger charge is 2.55. The molecular weight excluding hydrogens is 228 g/mol. The topological polar surface area (TPSA) is 55.1 Å². The summed E-state index contributed by atoms with van der Waals surface area (Å²) >= 11 is 0. The summed E-state index contributed by atoms with van der Waals surface area (Å²) in [6, 6.07) is 0. The molecule has 0 aromatic carbocycles. The van der Waals surface area contributed by atoms with Gasteiger partial charge in [0.2, 0.25) is 0 Å². The van der Waals surface area contributed by atoms with Crippen LogP contribution in [0.15, 0.2) is 12.4 Å². The van der Waals surface area contributed by atoms with Gasteiger partial charge in [0, 0.05) is 25.9 Å². The average molecular weight is 248 g/mol. The van der Waals surface area contributed by atoms with Crippen molar-refractivity contribution in [3.63, 3.8) is 0 Å². The van der Waals surface area contributed by atoms with E-state index in [4.69, 9.17) is 0 Å². The molecule has 0 radical (unpaired) electrons. The molecule has 98 valence electrons. The average Bonchev–Trinajstić information content (AvgIpc) is 3.01. The van der Waals surface area contributed by atoms with E-state index in [1.807, 2.05) is 17.8 Å². The van der Waals surface area contributed by atoms with Gasteiger partial charge in [-0.2, -0.15) is 0 Å². The van der Waals surface area contributed by atoms with Gasteiger partial charge in [0.1, 0.15) is 5.82 Å². The van der Waals surface area contributed by atoms with Gasteiger partial charge in [-0.05, 0) is 37.5 Å². The third kappa shape index (κ3) is 1.66. The Morgan fingerprint density at radius 1 is 1.61 bits per heavy atom. The first-order valence-electron chi connectivity index (χ1n) is 6.81. The number of aliphatic carboxylic acids is 1. The van der Waals surface area contributed by atoms with E-state index in [1.54, 1.807) is 6.20 Å². The zero-order valence-corrected chi connectivity index (χ0v) is 10.8. The summed E-state index contributed by atoms with van der Waals surface area (Å²) in [7, 11) is 1.97. The lowest BCUT2D eigenvalue weighted by Gasteiger charge is -2.33. The van der Waals surface area contributed by atoms with Crippen molar-refractivity contribution >= 4 is 5.97 Å². The van der Waals surface area contributed by atoms with Crippen LogP contribution in [0, 0.1) is 17.3 Å². The van der Waals surface area contributed by atoms with E-state index in [0.717, 1.165) is 37.9 Å². The fourth-order valence-electron chi connectivity index (χ4n) is 4.09. The third-order valence-corrected chi connectivity index (χ3v) is 5.12. The lowest BCUT2D eigenvalue weighted by Crippen LogP contribution is -2.37. The van der Waals surface area contributed by atoms with Crippen LogP contribution in [-0.2, 0) is 18.3 Å². The van der Waals surface area contributed by atoms with E-state index in [9.17, 15) is 9.90 Å². The van der Waals surface area contributed by atoms with E-state index in [2.05, 4.69) is 4.98 Å². The maximum Gasteiger partial charge on any atom is 0.309 e. The molecule has 2 fully saturated rings. The molecule has 1 N–H and O–H groups in total. The number of rotatable bonds is 4. The van der Waals surface area contributed by atoms with Crippen LogP contribution in [0.4, 0.5) is 0 Å². The van der Waals surface area contributed by atoms with Gasteiger partial charge in [0.25, 0.3) is 0 Å². The van der Waals surface area contributed by atoms with Crippen LogP contribution in [0.3, 0.4) is 0 Å². The van der Waals surface area contributed by atoms with Gasteiger partial charge in [-0.15, -0.1) is 0 Å². The largest absolute Gasteiger partial charge is 0.481 e. The number of fused-ring (bicyclic) bond motifs is 2. The van der Waals surface area contributed by atoms with Gasteiger partial charge < -0.3 is 9.67 Å². The van der Waals surface area contributed by atoms with Crippen LogP contribution >= 0.6 is 0 Å². The molecule has 2 aliphatic rings. The van der Waals surface area contributed by atoms with Gasteiger partial charge in [-0.1, -0.05) is 6.42 Å². The molecule has 1 aromatic heterocycles. The van der Waals surface area contributed by atoms with Gasteiger partial charge in [-0.25, -0.2) is 4.98 Å². The zero-order valence-electron chi connectivity index (χ0n) is 10.8. The molecule has 2 saturated carbocycles. The SMILES string of the molecule is Cn1ccnc1CCC1(C(=O)O)CC2CCC1C2. The zero-order chi connectivity index (χ0) is 12.8. The molecule has 0 saturated heterocycles. The van der Waals surface area contributed by atoms with E-state index < -0.39 is 11.4 Å². The molecule has 3 rings (SSSR count). The quantitative estimate of drug-likeness (QED) is 0.889. The maximum atomic E-state index is 11.7. The van der Waals surface area contributed by atoms with Crippen molar-refractivity contribution in [2.75, 3.05) is 0 Å². The van der Waals surface area contributed by atoms with Crippen LogP contribution in [0.1, 0.15) is 37.9 Å². The van der Waals surface area contributed by atoms with Crippen LogP contribution < -0.4 is 0 Å². The molecule has 0 aliphatic heterocycles. The molecular formula is C14H20N2O2. The molecule has 1 heterocycles. The molecule has 0 amide bonds. The Balaban J connectivity index is 1.76. The number of aryl methyl sites for hydroxylation is 2. The smallest absolute Gasteiger partial charge is 0.309 e. The predicted molar refractivity (Wildman–Crippen MR) is 67.0 cm³/mol. The van der Waals surface area contributed by atoms with Gasteiger partial charge >= 0.3 is 5.97 Å². The summed E-state index contributed by atoms with van der Waals surface area (Å²) in [6.45, 7) is 0. The summed E-state index contributed by atoms with van der Waals surface area (Å²) in [6.07, 6.45) is 9.59. The van der Waals surface area contributed by atoms with E-state index in [1.165, 1.54) is 6.42 Å². The summed E-state index contributed by atoms with van der Waals surface area (Å²) in [4.78, 5) is 16.0. The van der Waals surface area contributed by atoms with Crippen LogP contribution in [0.2, 0.25) is 0 Å². The number of hydrogen-bond acceptors (Lipinski definition) is 2. The van der Waals surface area contributed by atoms with Gasteiger partial charge in [0.05, 0.1) is 5.41 Å². The summed E-state index contributed by atoms with van der Waals surface area (Å²) in [5, 5.41) is 9.66. The Labute approximate surface area is 107 Å². The standard InChI is InChI=1S/C14H20N2O2/c1-16-7-6-15-12(16)4-5-14(13(17)18)9-10-2-3-11(14)8-10/h6-7,10-11H,2-5,8-9H2,1H3,(H,17,18). The number of carboxylic acids is 1. The summed E-state index contributed by atoms with van der Waals surface area (Å²) < 4.78 is 1.99. The van der Waals surface area contributed by atoms with Crippen LogP contribution in [-0.4, -0.2) is 20.6 Å². The Hall–Kier alpha value is -1.32. The molecule has 18 heavy (non-hydrogen) atoms. The minimum absolute atomic E-state index is 0.403. The van der Waals surface area contributed by atoms with Gasteiger partial charge in [0.15, 0.2) is 0 Å². The van der Waals surface area contributed by atoms with Crippen molar-refractivity contribution in [3.8, 4) is 0 Å². The predicted octanol–water partition coefficient (Wildman–Crippen LogP) is 2.24. The Bertz CT molecular complexity index is 468. The Kier molecular flexibility index (Phi) is 2.68. The molecule has 2 aliphatic carbocycles. The molecule has 4 heteroatoms. The lowest BCUT2D eigenvalue weighted by molar-refractivity contribution is -0.153. The molecule has 3 atom stereocenters. The second kappa shape index (κ2) is 4.11. The highest BCUT2D eigenvalue weighted by atomic mass is 16.4. The lowest BCUT2D eigenvalue weighted by atomic mass is 9.70. The highest BCUT2D eigenvalue weighted by molar-refractivity contribution is 5.75. The van der Waals surface area contributed by atoms with Gasteiger partial charge in [-0.3, -0.25) is 4.79 Å². The normalized spacial score (nSPS) is 34.1. The first-order chi connectivity index (χ1) is 8.62. The molecule has 3 unspecified atom stereocenters. The maximum absolute atomic E-state index is 11.7. The van der Waals surface area contributed by atoms with Crippen LogP contribution in [0.5, 0.6) is 0 Å². The van der Waals surface area contributed by atoms with Crippen molar-refractivity contribution in [1.82, 2.24) is 9.55 Å². The second-order valence-electron chi connectivity index (χ2n) is 6.00. The van der Waals surface area contributed by atoms with Crippen molar-refractivity contribution in [1.29, 1.82) is 0 Å². The van der Waals surface area contributed by atoms with Crippen LogP contribution in [0.25, 0.3) is 0 Å². The Morgan fingerprint density at radius 2 is 2.44 bits per heavy atom. The number of carbonyl (C=O) groups is 1. The first-order valence-corrected chi connectivity index (χ1v) is 6.81. The fraction of sp³-hybridized carbons (Fsp3) is 0.714. The monoisotopic (exact) mass is 248 g/mol. The molecule has 1 aromatic rings. The second-order valence-corrected chi connectivity index (χ2v) is 6.00. The number of hydrogen-bond donors (Lipinski definition) is 1. The van der Waals surface area contributed by atoms with E-state index in [-0.39, 0.29) is 0 Å². The molecule has 4 nitrogen and oxygen atoms in total. The fourth-order valence-corrected chi connectivity index (χ4v) is 4.09. The number of nitrogens with zero attached hydrogens (tertiary/aromatic N) is 2. The highest BCUT2D eigenvalue weighted by Crippen LogP contribution is 2.58. The van der Waals surface area contributed by atoms with Crippen molar-refractivity contribution < 1.29 is 9.90 Å².